The second-order valence-corrected chi connectivity index (χ2v) is 9.23. The first-order valence-electron chi connectivity index (χ1n) is 11.6. The van der Waals surface area contributed by atoms with E-state index in [1.54, 1.807) is 0 Å². The smallest absolute Gasteiger partial charge is 0.412 e. The van der Waals surface area contributed by atoms with Crippen LogP contribution < -0.4 is 16.0 Å². The number of ether oxygens (including phenoxy) is 2. The lowest BCUT2D eigenvalue weighted by Gasteiger charge is -2.37. The maximum Gasteiger partial charge on any atom is 0.412 e. The summed E-state index contributed by atoms with van der Waals surface area (Å²) in [6.07, 6.45) is 0.409. The normalized spacial score (nSPS) is 18.1. The SMILES string of the molecule is CCNC(=NCC(C)N1CCOCC1C)NCCc1ccc(NC(=O)OC(C)(C)C)cc1.I. The van der Waals surface area contributed by atoms with Gasteiger partial charge in [-0.25, -0.2) is 4.79 Å². The van der Waals surface area contributed by atoms with Crippen LogP contribution in [0, 0.1) is 0 Å². The zero-order chi connectivity index (χ0) is 23.6. The van der Waals surface area contributed by atoms with Crippen LogP contribution in [0.2, 0.25) is 0 Å². The van der Waals surface area contributed by atoms with E-state index in [1.165, 1.54) is 5.56 Å². The molecule has 0 spiro atoms. The Morgan fingerprint density at radius 2 is 1.97 bits per heavy atom. The van der Waals surface area contributed by atoms with E-state index in [9.17, 15) is 4.79 Å². The molecular formula is C24H42IN5O3. The number of hydrogen-bond acceptors (Lipinski definition) is 5. The minimum Gasteiger partial charge on any atom is -0.444 e. The highest BCUT2D eigenvalue weighted by molar-refractivity contribution is 14.0. The highest BCUT2D eigenvalue weighted by Gasteiger charge is 2.23. The molecule has 188 valence electrons. The zero-order valence-electron chi connectivity index (χ0n) is 20.9. The van der Waals surface area contributed by atoms with E-state index in [4.69, 9.17) is 14.5 Å². The Hall–Kier alpha value is -1.59. The van der Waals surface area contributed by atoms with Gasteiger partial charge in [-0.3, -0.25) is 15.2 Å². The van der Waals surface area contributed by atoms with Gasteiger partial charge in [-0.1, -0.05) is 12.1 Å². The maximum atomic E-state index is 11.9. The first-order chi connectivity index (χ1) is 15.2. The average Bonchev–Trinajstić information content (AvgIpc) is 2.72. The van der Waals surface area contributed by atoms with Gasteiger partial charge in [0.1, 0.15) is 5.60 Å². The van der Waals surface area contributed by atoms with Crippen LogP contribution in [0.3, 0.4) is 0 Å². The molecule has 1 aliphatic rings. The summed E-state index contributed by atoms with van der Waals surface area (Å²) in [5.41, 5.74) is 1.38. The van der Waals surface area contributed by atoms with Gasteiger partial charge >= 0.3 is 6.09 Å². The van der Waals surface area contributed by atoms with Crippen molar-refractivity contribution in [2.75, 3.05) is 44.7 Å². The van der Waals surface area contributed by atoms with Crippen molar-refractivity contribution in [3.05, 3.63) is 29.8 Å². The number of carbonyl (C=O) groups is 1. The van der Waals surface area contributed by atoms with Gasteiger partial charge < -0.3 is 20.1 Å². The average molecular weight is 576 g/mol. The zero-order valence-corrected chi connectivity index (χ0v) is 23.3. The quantitative estimate of drug-likeness (QED) is 0.248. The Morgan fingerprint density at radius 1 is 1.27 bits per heavy atom. The summed E-state index contributed by atoms with van der Waals surface area (Å²) in [6.45, 7) is 16.9. The van der Waals surface area contributed by atoms with E-state index in [-0.39, 0.29) is 24.0 Å². The van der Waals surface area contributed by atoms with E-state index in [1.807, 2.05) is 45.0 Å². The van der Waals surface area contributed by atoms with Crippen LogP contribution in [0.1, 0.15) is 47.1 Å². The molecule has 2 rings (SSSR count). The van der Waals surface area contributed by atoms with Crippen molar-refractivity contribution in [2.24, 2.45) is 4.99 Å². The third-order valence-electron chi connectivity index (χ3n) is 5.15. The number of nitrogens with zero attached hydrogens (tertiary/aromatic N) is 2. The number of aliphatic imine (C=N–C) groups is 1. The lowest BCUT2D eigenvalue weighted by Crippen LogP contribution is -2.49. The largest absolute Gasteiger partial charge is 0.444 e. The summed E-state index contributed by atoms with van der Waals surface area (Å²) >= 11 is 0. The van der Waals surface area contributed by atoms with Gasteiger partial charge in [-0.15, -0.1) is 24.0 Å². The van der Waals surface area contributed by atoms with Crippen molar-refractivity contribution in [2.45, 2.75) is 65.6 Å². The minimum absolute atomic E-state index is 0. The van der Waals surface area contributed by atoms with E-state index in [0.29, 0.717) is 12.1 Å². The van der Waals surface area contributed by atoms with Crippen molar-refractivity contribution < 1.29 is 14.3 Å². The molecule has 1 fully saturated rings. The molecule has 0 aromatic heterocycles. The Morgan fingerprint density at radius 3 is 2.58 bits per heavy atom. The van der Waals surface area contributed by atoms with E-state index in [2.05, 4.69) is 41.6 Å². The number of amides is 1. The molecule has 1 amide bonds. The van der Waals surface area contributed by atoms with Crippen molar-refractivity contribution >= 4 is 41.7 Å². The molecule has 0 aliphatic carbocycles. The summed E-state index contributed by atoms with van der Waals surface area (Å²) in [4.78, 5) is 19.1. The Labute approximate surface area is 216 Å². The van der Waals surface area contributed by atoms with Crippen LogP contribution in [0.5, 0.6) is 0 Å². The molecule has 1 aromatic carbocycles. The molecule has 1 heterocycles. The monoisotopic (exact) mass is 575 g/mol. The third kappa shape index (κ3) is 11.4. The van der Waals surface area contributed by atoms with E-state index >= 15 is 0 Å². The van der Waals surface area contributed by atoms with Gasteiger partial charge in [-0.05, 0) is 65.7 Å². The Bertz CT molecular complexity index is 737. The van der Waals surface area contributed by atoms with E-state index in [0.717, 1.165) is 57.5 Å². The molecule has 33 heavy (non-hydrogen) atoms. The molecule has 3 N–H and O–H groups in total. The second kappa shape index (κ2) is 14.6. The summed E-state index contributed by atoms with van der Waals surface area (Å²) in [5, 5.41) is 9.50. The molecule has 9 heteroatoms. The molecule has 1 aliphatic heterocycles. The standard InChI is InChI=1S/C24H41N5O3.HI/c1-7-25-22(27-16-18(2)29-14-15-31-17-19(29)3)26-13-12-20-8-10-21(11-9-20)28-23(30)32-24(4,5)6;/h8-11,18-19H,7,12-17H2,1-6H3,(H,28,30)(H2,25,26,27);1H. The number of rotatable bonds is 8. The number of morpholine rings is 1. The van der Waals surface area contributed by atoms with Crippen LogP contribution >= 0.6 is 24.0 Å². The van der Waals surface area contributed by atoms with E-state index < -0.39 is 11.7 Å². The molecule has 0 radical (unpaired) electrons. The summed E-state index contributed by atoms with van der Waals surface area (Å²) in [7, 11) is 0. The van der Waals surface area contributed by atoms with Crippen LogP contribution in [0.15, 0.2) is 29.3 Å². The highest BCUT2D eigenvalue weighted by atomic mass is 127. The van der Waals surface area contributed by atoms with Gasteiger partial charge in [-0.2, -0.15) is 0 Å². The fourth-order valence-electron chi connectivity index (χ4n) is 3.57. The molecule has 1 saturated heterocycles. The molecule has 0 saturated carbocycles. The Kier molecular flexibility index (Phi) is 13.0. The van der Waals surface area contributed by atoms with Gasteiger partial charge in [0, 0.05) is 37.4 Å². The Balaban J connectivity index is 0.00000544. The van der Waals surface area contributed by atoms with Gasteiger partial charge in [0.25, 0.3) is 0 Å². The predicted molar refractivity (Wildman–Crippen MR) is 146 cm³/mol. The van der Waals surface area contributed by atoms with Gasteiger partial charge in [0.2, 0.25) is 0 Å². The summed E-state index contributed by atoms with van der Waals surface area (Å²) in [5.74, 6) is 0.837. The molecule has 8 nitrogen and oxygen atoms in total. The number of nitrogens with one attached hydrogen (secondary N) is 3. The molecule has 2 unspecified atom stereocenters. The number of anilines is 1. The first kappa shape index (κ1) is 29.4. The van der Waals surface area contributed by atoms with Crippen molar-refractivity contribution in [3.63, 3.8) is 0 Å². The van der Waals surface area contributed by atoms with Gasteiger partial charge in [0.05, 0.1) is 19.8 Å². The fraction of sp³-hybridized carbons (Fsp3) is 0.667. The molecular weight excluding hydrogens is 533 g/mol. The van der Waals surface area contributed by atoms with Crippen LogP contribution in [0.25, 0.3) is 0 Å². The maximum absolute atomic E-state index is 11.9. The van der Waals surface area contributed by atoms with Gasteiger partial charge in [0.15, 0.2) is 5.96 Å². The van der Waals surface area contributed by atoms with Crippen LogP contribution in [0.4, 0.5) is 10.5 Å². The van der Waals surface area contributed by atoms with Crippen molar-refractivity contribution in [1.29, 1.82) is 0 Å². The third-order valence-corrected chi connectivity index (χ3v) is 5.15. The molecule has 2 atom stereocenters. The number of benzene rings is 1. The predicted octanol–water partition coefficient (Wildman–Crippen LogP) is 3.86. The van der Waals surface area contributed by atoms with Crippen LogP contribution in [-0.2, 0) is 15.9 Å². The number of halogens is 1. The molecule has 1 aromatic rings. The summed E-state index contributed by atoms with van der Waals surface area (Å²) < 4.78 is 10.8. The van der Waals surface area contributed by atoms with Crippen molar-refractivity contribution in [1.82, 2.24) is 15.5 Å². The number of guanidine groups is 1. The highest BCUT2D eigenvalue weighted by Crippen LogP contribution is 2.13. The number of hydrogen-bond donors (Lipinski definition) is 3. The first-order valence-corrected chi connectivity index (χ1v) is 11.6. The topological polar surface area (TPSA) is 87.2 Å². The number of carbonyl (C=O) groups excluding carboxylic acids is 1. The minimum atomic E-state index is -0.514. The van der Waals surface area contributed by atoms with Crippen molar-refractivity contribution in [3.8, 4) is 0 Å². The lowest BCUT2D eigenvalue weighted by atomic mass is 10.1. The van der Waals surface area contributed by atoms with Crippen LogP contribution in [-0.4, -0.2) is 74.0 Å². The lowest BCUT2D eigenvalue weighted by molar-refractivity contribution is -0.0165. The molecule has 0 bridgehead atoms. The summed E-state index contributed by atoms with van der Waals surface area (Å²) in [6, 6.07) is 8.61. The fourth-order valence-corrected chi connectivity index (χ4v) is 3.57. The second-order valence-electron chi connectivity index (χ2n) is 9.23.